The minimum Gasteiger partial charge on any atom is -0.308 e. The molecule has 29 heavy (non-hydrogen) atoms. The standard InChI is InChI=1S/C24H25N3O2/c28-23(26-15-7-9-17-8-4-5-10-21(17)26)18-12-13-19-20(16-18)25-22-11-3-1-2-6-14-27(22)24(19)29/h4-5,8,10,12-13,16H,1-3,6-7,9,11,14-15H2. The van der Waals surface area contributed by atoms with E-state index < -0.39 is 0 Å². The zero-order chi connectivity index (χ0) is 19.8. The van der Waals surface area contributed by atoms with Crippen molar-refractivity contribution in [2.24, 2.45) is 0 Å². The zero-order valence-corrected chi connectivity index (χ0v) is 16.6. The van der Waals surface area contributed by atoms with Crippen LogP contribution < -0.4 is 10.5 Å². The molecule has 5 nitrogen and oxygen atoms in total. The lowest BCUT2D eigenvalue weighted by molar-refractivity contribution is 0.0985. The molecule has 0 N–H and O–H groups in total. The number of para-hydroxylation sites is 1. The van der Waals surface area contributed by atoms with Crippen LogP contribution in [0.2, 0.25) is 0 Å². The Kier molecular flexibility index (Phi) is 4.66. The van der Waals surface area contributed by atoms with E-state index in [1.807, 2.05) is 27.7 Å². The van der Waals surface area contributed by atoms with Crippen molar-refractivity contribution in [1.82, 2.24) is 9.55 Å². The van der Waals surface area contributed by atoms with Crippen LogP contribution in [-0.2, 0) is 19.4 Å². The van der Waals surface area contributed by atoms with Gasteiger partial charge in [-0.15, -0.1) is 0 Å². The molecule has 0 spiro atoms. The second-order valence-electron chi connectivity index (χ2n) is 8.07. The summed E-state index contributed by atoms with van der Waals surface area (Å²) < 4.78 is 1.84. The van der Waals surface area contributed by atoms with Gasteiger partial charge >= 0.3 is 0 Å². The molecule has 0 bridgehead atoms. The Hall–Kier alpha value is -2.95. The normalized spacial score (nSPS) is 16.6. The van der Waals surface area contributed by atoms with Gasteiger partial charge in [0.2, 0.25) is 0 Å². The number of rotatable bonds is 1. The van der Waals surface area contributed by atoms with E-state index in [1.54, 1.807) is 18.2 Å². The quantitative estimate of drug-likeness (QED) is 0.631. The number of aryl methyl sites for hydroxylation is 2. The number of carbonyl (C=O) groups is 1. The maximum atomic E-state index is 13.3. The Morgan fingerprint density at radius 2 is 1.76 bits per heavy atom. The highest BCUT2D eigenvalue weighted by molar-refractivity contribution is 6.08. The van der Waals surface area contributed by atoms with Crippen molar-refractivity contribution in [2.45, 2.75) is 51.5 Å². The summed E-state index contributed by atoms with van der Waals surface area (Å²) in [4.78, 5) is 33.0. The maximum Gasteiger partial charge on any atom is 0.261 e. The molecule has 5 rings (SSSR count). The Morgan fingerprint density at radius 1 is 0.897 bits per heavy atom. The topological polar surface area (TPSA) is 55.2 Å². The van der Waals surface area contributed by atoms with Gasteiger partial charge in [-0.1, -0.05) is 31.0 Å². The Balaban J connectivity index is 1.56. The van der Waals surface area contributed by atoms with Gasteiger partial charge in [-0.25, -0.2) is 4.98 Å². The van der Waals surface area contributed by atoms with Crippen molar-refractivity contribution in [2.75, 3.05) is 11.4 Å². The van der Waals surface area contributed by atoms with Crippen molar-refractivity contribution in [1.29, 1.82) is 0 Å². The van der Waals surface area contributed by atoms with E-state index in [4.69, 9.17) is 4.98 Å². The second kappa shape index (κ2) is 7.47. The molecule has 3 heterocycles. The molecular weight excluding hydrogens is 362 g/mol. The smallest absolute Gasteiger partial charge is 0.261 e. The molecule has 1 amide bonds. The van der Waals surface area contributed by atoms with Crippen LogP contribution in [0.3, 0.4) is 0 Å². The molecule has 0 radical (unpaired) electrons. The van der Waals surface area contributed by atoms with Crippen LogP contribution in [0.5, 0.6) is 0 Å². The Labute approximate surface area is 170 Å². The first-order valence-electron chi connectivity index (χ1n) is 10.7. The molecule has 0 saturated carbocycles. The van der Waals surface area contributed by atoms with E-state index in [-0.39, 0.29) is 11.5 Å². The molecule has 2 aromatic carbocycles. The van der Waals surface area contributed by atoms with Crippen LogP contribution >= 0.6 is 0 Å². The van der Waals surface area contributed by atoms with Gasteiger partial charge in [0.25, 0.3) is 11.5 Å². The summed E-state index contributed by atoms with van der Waals surface area (Å²) in [5.74, 6) is 0.836. The van der Waals surface area contributed by atoms with Crippen molar-refractivity contribution < 1.29 is 4.79 Å². The molecule has 0 fully saturated rings. The first kappa shape index (κ1) is 18.1. The van der Waals surface area contributed by atoms with Crippen LogP contribution in [0.4, 0.5) is 5.69 Å². The molecule has 5 heteroatoms. The highest BCUT2D eigenvalue weighted by Gasteiger charge is 2.24. The summed E-state index contributed by atoms with van der Waals surface area (Å²) in [6.07, 6.45) is 7.20. The fraction of sp³-hybridized carbons (Fsp3) is 0.375. The third kappa shape index (κ3) is 3.24. The molecule has 148 valence electrons. The summed E-state index contributed by atoms with van der Waals surface area (Å²) in [5, 5.41) is 0.602. The van der Waals surface area contributed by atoms with E-state index in [1.165, 1.54) is 12.0 Å². The number of hydrogen-bond donors (Lipinski definition) is 0. The molecule has 0 saturated heterocycles. The van der Waals surface area contributed by atoms with Crippen LogP contribution in [-0.4, -0.2) is 22.0 Å². The van der Waals surface area contributed by atoms with Gasteiger partial charge in [-0.2, -0.15) is 0 Å². The SMILES string of the molecule is O=C(c1ccc2c(=O)n3c(nc2c1)CCCCCC3)N1CCCc2ccccc21. The fourth-order valence-electron chi connectivity index (χ4n) is 4.63. The molecule has 2 aliphatic heterocycles. The number of amides is 1. The van der Waals surface area contributed by atoms with Crippen LogP contribution in [0.15, 0.2) is 47.3 Å². The second-order valence-corrected chi connectivity index (χ2v) is 8.07. The highest BCUT2D eigenvalue weighted by atomic mass is 16.2. The number of aromatic nitrogens is 2. The van der Waals surface area contributed by atoms with Gasteiger partial charge in [0, 0.05) is 30.8 Å². The Bertz CT molecular complexity index is 1150. The van der Waals surface area contributed by atoms with Crippen molar-refractivity contribution in [3.63, 3.8) is 0 Å². The van der Waals surface area contributed by atoms with Crippen LogP contribution in [0.1, 0.15) is 53.8 Å². The first-order chi connectivity index (χ1) is 14.2. The minimum absolute atomic E-state index is 0.0207. The number of fused-ring (bicyclic) bond motifs is 3. The number of hydrogen-bond acceptors (Lipinski definition) is 3. The molecule has 0 unspecified atom stereocenters. The summed E-state index contributed by atoms with van der Waals surface area (Å²) in [7, 11) is 0. The number of nitrogens with zero attached hydrogens (tertiary/aromatic N) is 3. The van der Waals surface area contributed by atoms with E-state index in [0.717, 1.165) is 56.6 Å². The average Bonchev–Trinajstić information content (AvgIpc) is 2.74. The maximum absolute atomic E-state index is 13.3. The molecule has 0 atom stereocenters. The van der Waals surface area contributed by atoms with E-state index in [0.29, 0.717) is 23.0 Å². The van der Waals surface area contributed by atoms with E-state index in [9.17, 15) is 9.59 Å². The lowest BCUT2D eigenvalue weighted by Crippen LogP contribution is -2.35. The molecule has 1 aromatic heterocycles. The third-order valence-corrected chi connectivity index (χ3v) is 6.17. The number of carbonyl (C=O) groups excluding carboxylic acids is 1. The fourth-order valence-corrected chi connectivity index (χ4v) is 4.63. The summed E-state index contributed by atoms with van der Waals surface area (Å²) >= 11 is 0. The van der Waals surface area contributed by atoms with Crippen molar-refractivity contribution in [3.8, 4) is 0 Å². The predicted octanol–water partition coefficient (Wildman–Crippen LogP) is 4.11. The van der Waals surface area contributed by atoms with Gasteiger partial charge in [0.15, 0.2) is 0 Å². The first-order valence-corrected chi connectivity index (χ1v) is 10.7. The van der Waals surface area contributed by atoms with E-state index >= 15 is 0 Å². The zero-order valence-electron chi connectivity index (χ0n) is 16.6. The van der Waals surface area contributed by atoms with E-state index in [2.05, 4.69) is 6.07 Å². The van der Waals surface area contributed by atoms with Crippen LogP contribution in [0.25, 0.3) is 10.9 Å². The average molecular weight is 387 g/mol. The van der Waals surface area contributed by atoms with Gasteiger partial charge in [-0.3, -0.25) is 14.2 Å². The number of anilines is 1. The van der Waals surface area contributed by atoms with Crippen LogP contribution in [0, 0.1) is 0 Å². The van der Waals surface area contributed by atoms with Crippen molar-refractivity contribution in [3.05, 3.63) is 69.8 Å². The molecule has 2 aliphatic rings. The third-order valence-electron chi connectivity index (χ3n) is 6.17. The summed E-state index contributed by atoms with van der Waals surface area (Å²) in [6, 6.07) is 13.5. The van der Waals surface area contributed by atoms with Crippen molar-refractivity contribution >= 4 is 22.5 Å². The summed E-state index contributed by atoms with van der Waals surface area (Å²) in [5.41, 5.74) is 3.46. The molecular formula is C24H25N3O2. The number of benzene rings is 2. The monoisotopic (exact) mass is 387 g/mol. The highest BCUT2D eigenvalue weighted by Crippen LogP contribution is 2.28. The summed E-state index contributed by atoms with van der Waals surface area (Å²) in [6.45, 7) is 1.45. The lowest BCUT2D eigenvalue weighted by Gasteiger charge is -2.29. The molecule has 3 aromatic rings. The predicted molar refractivity (Wildman–Crippen MR) is 115 cm³/mol. The van der Waals surface area contributed by atoms with Gasteiger partial charge in [-0.05, 0) is 55.5 Å². The minimum atomic E-state index is -0.0207. The molecule has 0 aliphatic carbocycles. The largest absolute Gasteiger partial charge is 0.308 e. The Morgan fingerprint density at radius 3 is 2.69 bits per heavy atom. The van der Waals surface area contributed by atoms with Gasteiger partial charge in [0.1, 0.15) is 5.82 Å². The van der Waals surface area contributed by atoms with Gasteiger partial charge in [0.05, 0.1) is 10.9 Å². The lowest BCUT2D eigenvalue weighted by atomic mass is 10.0. The van der Waals surface area contributed by atoms with Gasteiger partial charge < -0.3 is 4.90 Å².